The number of hydrogen-bond acceptors (Lipinski definition) is 12. The number of carbonyl (C=O) groups excluding carboxylic acids is 6. The Bertz CT molecular complexity index is 1700. The third-order valence-corrected chi connectivity index (χ3v) is 20.2. The van der Waals surface area contributed by atoms with Gasteiger partial charge < -0.3 is 39.4 Å². The molecule has 0 saturated carbocycles. The number of unbranched alkanes of at least 4 members (excludes halogenated alkanes) is 36. The average Bonchev–Trinajstić information content (AvgIpc) is 3.59. The summed E-state index contributed by atoms with van der Waals surface area (Å²) in [6.45, 7) is 21.5. The van der Waals surface area contributed by atoms with Gasteiger partial charge in [-0.3, -0.25) is 28.8 Å². The van der Waals surface area contributed by atoms with Gasteiger partial charge in [-0.1, -0.05) is 298 Å². The number of nitrogens with zero attached hydrogens (tertiary/aromatic N) is 2. The molecule has 0 radical (unpaired) electrons. The zero-order valence-electron chi connectivity index (χ0n) is 66.8. The highest BCUT2D eigenvalue weighted by molar-refractivity contribution is 5.96. The van der Waals surface area contributed by atoms with Crippen molar-refractivity contribution in [2.75, 3.05) is 78.8 Å². The third kappa shape index (κ3) is 71.5. The fourth-order valence-electron chi connectivity index (χ4n) is 13.6. The zero-order valence-corrected chi connectivity index (χ0v) is 66.8. The number of hydrogen-bond donors (Lipinski definition) is 2. The Morgan fingerprint density at radius 2 is 0.460 bits per heavy atom. The highest BCUT2D eigenvalue weighted by Crippen LogP contribution is 2.25. The predicted octanol–water partition coefficient (Wildman–Crippen LogP) is 22.5. The van der Waals surface area contributed by atoms with Crippen molar-refractivity contribution >= 4 is 35.7 Å². The van der Waals surface area contributed by atoms with E-state index in [-0.39, 0.29) is 35.7 Å². The minimum atomic E-state index is -0.302. The Hall–Kier alpha value is -3.52. The number of esters is 4. The summed E-state index contributed by atoms with van der Waals surface area (Å²) in [7, 11) is 0. The van der Waals surface area contributed by atoms with Crippen molar-refractivity contribution in [2.24, 2.45) is 11.8 Å². The molecular weight excluding hydrogens is 1250 g/mol. The molecule has 0 saturated heterocycles. The quantitative estimate of drug-likeness (QED) is 0.0256. The molecule has 0 aliphatic carbocycles. The van der Waals surface area contributed by atoms with Gasteiger partial charge in [-0.15, -0.1) is 0 Å². The first-order valence-electron chi connectivity index (χ1n) is 43.3. The molecule has 0 unspecified atom stereocenters. The molecule has 0 aromatic heterocycles. The van der Waals surface area contributed by atoms with E-state index in [9.17, 15) is 28.8 Å². The molecule has 0 bridgehead atoms. The molecule has 2 amide bonds. The van der Waals surface area contributed by atoms with Crippen LogP contribution in [0.1, 0.15) is 414 Å². The van der Waals surface area contributed by atoms with Crippen LogP contribution in [0.2, 0.25) is 0 Å². The summed E-state index contributed by atoms with van der Waals surface area (Å²) in [6.07, 6.45) is 67.0. The van der Waals surface area contributed by atoms with Crippen LogP contribution in [0.25, 0.3) is 0 Å². The van der Waals surface area contributed by atoms with E-state index in [1.54, 1.807) is 0 Å². The molecule has 0 aliphatic heterocycles. The molecular formula is C86H164N4O10. The first-order chi connectivity index (χ1) is 49.0. The highest BCUT2D eigenvalue weighted by atomic mass is 16.5. The van der Waals surface area contributed by atoms with Crippen molar-refractivity contribution in [1.29, 1.82) is 0 Å². The molecule has 2 N–H and O–H groups in total. The van der Waals surface area contributed by atoms with Crippen molar-refractivity contribution < 1.29 is 47.7 Å². The Morgan fingerprint density at radius 3 is 0.740 bits per heavy atom. The van der Waals surface area contributed by atoms with Gasteiger partial charge in [0.05, 0.1) is 26.4 Å². The van der Waals surface area contributed by atoms with E-state index in [1.807, 2.05) is 0 Å². The van der Waals surface area contributed by atoms with E-state index in [0.717, 1.165) is 192 Å². The minimum Gasteiger partial charge on any atom is -0.466 e. The molecule has 588 valence electrons. The SMILES string of the molecule is CCCCCCCCCCCOC(=O)CCCCCN(CCCCCCCC(=O)OCCCC(CCCCC)CCCCC)CCNC(=O)/C=C/C(=O)NCCN(CCCCCCCC(=O)OCCCC(CCCCC)CCCCC)CCCCCC(=O)OCCCCCCCCCCC. The van der Waals surface area contributed by atoms with Crippen LogP contribution >= 0.6 is 0 Å². The molecule has 0 aromatic rings. The fourth-order valence-corrected chi connectivity index (χ4v) is 13.6. The first kappa shape index (κ1) is 96.5. The van der Waals surface area contributed by atoms with E-state index >= 15 is 0 Å². The number of rotatable bonds is 80. The number of ether oxygens (including phenoxy) is 4. The first-order valence-corrected chi connectivity index (χ1v) is 43.3. The van der Waals surface area contributed by atoms with Crippen LogP contribution in [0.4, 0.5) is 0 Å². The molecule has 14 heteroatoms. The summed E-state index contributed by atoms with van der Waals surface area (Å²) in [5.41, 5.74) is 0. The van der Waals surface area contributed by atoms with Gasteiger partial charge in [-0.05, 0) is 128 Å². The van der Waals surface area contributed by atoms with Gasteiger partial charge in [0.15, 0.2) is 0 Å². The molecule has 0 rings (SSSR count). The smallest absolute Gasteiger partial charge is 0.305 e. The summed E-state index contributed by atoms with van der Waals surface area (Å²) < 4.78 is 22.5. The number of nitrogens with one attached hydrogen (secondary N) is 2. The summed E-state index contributed by atoms with van der Waals surface area (Å²) in [5.74, 6) is 0.575. The Labute approximate surface area is 617 Å². The van der Waals surface area contributed by atoms with E-state index in [1.165, 1.54) is 205 Å². The van der Waals surface area contributed by atoms with Gasteiger partial charge >= 0.3 is 23.9 Å². The normalized spacial score (nSPS) is 11.7. The van der Waals surface area contributed by atoms with Crippen LogP contribution in [-0.2, 0) is 47.7 Å². The maximum atomic E-state index is 13.1. The van der Waals surface area contributed by atoms with Crippen LogP contribution in [0.5, 0.6) is 0 Å². The largest absolute Gasteiger partial charge is 0.466 e. The van der Waals surface area contributed by atoms with E-state index in [4.69, 9.17) is 18.9 Å². The van der Waals surface area contributed by atoms with Gasteiger partial charge in [0, 0.05) is 64.0 Å². The lowest BCUT2D eigenvalue weighted by atomic mass is 9.91. The molecule has 0 fully saturated rings. The monoisotopic (exact) mass is 1410 g/mol. The maximum absolute atomic E-state index is 13.1. The summed E-state index contributed by atoms with van der Waals surface area (Å²) in [4.78, 5) is 81.2. The second kappa shape index (κ2) is 78.1. The van der Waals surface area contributed by atoms with Crippen LogP contribution in [-0.4, -0.2) is 124 Å². The minimum absolute atomic E-state index is 0.0672. The molecule has 0 spiro atoms. The van der Waals surface area contributed by atoms with Crippen LogP contribution in [0.3, 0.4) is 0 Å². The fraction of sp³-hybridized carbons (Fsp3) is 0.907. The van der Waals surface area contributed by atoms with Crippen LogP contribution in [0.15, 0.2) is 12.2 Å². The maximum Gasteiger partial charge on any atom is 0.305 e. The standard InChI is InChI=1S/C86H164N4O10/c1-7-13-19-21-23-25-27-35-51-75-97-83(93)63-45-37-49-71-89(69-47-33-29-31-43-61-85(95)99-77-53-59-79(55-39-15-9-3)56-40-16-10-4)73-67-87-81(91)65-66-82(92)88-68-74-90(72-50-38-46-64-84(94)98-76-52-36-28-26-24-22-20-14-8-2)70-48-34-30-32-44-62-86(96)100-78-54-60-80(57-41-17-11-5)58-42-18-12-6/h65-66,79-80H,7-64,67-78H2,1-6H3,(H,87,91)(H,88,92)/b66-65+. The van der Waals surface area contributed by atoms with Crippen LogP contribution < -0.4 is 10.6 Å². The Balaban J connectivity index is 5.22. The van der Waals surface area contributed by atoms with Crippen LogP contribution in [0, 0.1) is 11.8 Å². The van der Waals surface area contributed by atoms with Gasteiger partial charge in [0.25, 0.3) is 0 Å². The van der Waals surface area contributed by atoms with Gasteiger partial charge in [-0.2, -0.15) is 0 Å². The number of carbonyl (C=O) groups is 6. The van der Waals surface area contributed by atoms with Crippen molar-refractivity contribution in [2.45, 2.75) is 414 Å². The molecule has 14 nitrogen and oxygen atoms in total. The molecule has 100 heavy (non-hydrogen) atoms. The van der Waals surface area contributed by atoms with Crippen molar-refractivity contribution in [1.82, 2.24) is 20.4 Å². The van der Waals surface area contributed by atoms with Gasteiger partial charge in [0.1, 0.15) is 0 Å². The molecule has 0 aromatic carbocycles. The zero-order chi connectivity index (χ0) is 72.9. The van der Waals surface area contributed by atoms with Crippen molar-refractivity contribution in [3.05, 3.63) is 12.2 Å². The van der Waals surface area contributed by atoms with Gasteiger partial charge in [-0.25, -0.2) is 0 Å². The van der Waals surface area contributed by atoms with E-state index < -0.39 is 0 Å². The van der Waals surface area contributed by atoms with Gasteiger partial charge in [0.2, 0.25) is 11.8 Å². The molecule has 0 atom stereocenters. The summed E-state index contributed by atoms with van der Waals surface area (Å²) in [6, 6.07) is 0. The number of amides is 2. The second-order valence-electron chi connectivity index (χ2n) is 29.8. The summed E-state index contributed by atoms with van der Waals surface area (Å²) in [5, 5.41) is 6.01. The highest BCUT2D eigenvalue weighted by Gasteiger charge is 2.15. The molecule has 0 heterocycles. The lowest BCUT2D eigenvalue weighted by Gasteiger charge is -2.22. The Kier molecular flexibility index (Phi) is 75.3. The molecule has 0 aliphatic rings. The predicted molar refractivity (Wildman–Crippen MR) is 421 cm³/mol. The lowest BCUT2D eigenvalue weighted by Crippen LogP contribution is -2.36. The van der Waals surface area contributed by atoms with E-state index in [2.05, 4.69) is 62.0 Å². The Morgan fingerprint density at radius 1 is 0.250 bits per heavy atom. The third-order valence-electron chi connectivity index (χ3n) is 20.2. The van der Waals surface area contributed by atoms with Crippen molar-refractivity contribution in [3.63, 3.8) is 0 Å². The topological polar surface area (TPSA) is 170 Å². The van der Waals surface area contributed by atoms with Crippen molar-refractivity contribution in [3.8, 4) is 0 Å². The average molecular weight is 1410 g/mol. The lowest BCUT2D eigenvalue weighted by molar-refractivity contribution is -0.144. The summed E-state index contributed by atoms with van der Waals surface area (Å²) >= 11 is 0. The van der Waals surface area contributed by atoms with E-state index in [0.29, 0.717) is 78.3 Å². The second-order valence-corrected chi connectivity index (χ2v) is 29.8.